The van der Waals surface area contributed by atoms with Crippen LogP contribution in [0.3, 0.4) is 0 Å². The van der Waals surface area contributed by atoms with E-state index >= 15 is 0 Å². The van der Waals surface area contributed by atoms with Crippen molar-refractivity contribution in [3.8, 4) is 5.75 Å². The Kier molecular flexibility index (Phi) is 7.39. The number of ether oxygens (including phenoxy) is 1. The molecule has 0 atom stereocenters. The van der Waals surface area contributed by atoms with Gasteiger partial charge >= 0.3 is 11.9 Å². The summed E-state index contributed by atoms with van der Waals surface area (Å²) in [6, 6.07) is 8.32. The van der Waals surface area contributed by atoms with Crippen molar-refractivity contribution in [3.05, 3.63) is 29.8 Å². The maximum absolute atomic E-state index is 9.10. The Bertz CT molecular complexity index is 483. The fourth-order valence-corrected chi connectivity index (χ4v) is 2.29. The van der Waals surface area contributed by atoms with Gasteiger partial charge in [-0.1, -0.05) is 25.1 Å². The van der Waals surface area contributed by atoms with E-state index in [0.29, 0.717) is 0 Å². The number of methoxy groups -OCH3 is 1. The van der Waals surface area contributed by atoms with Crippen LogP contribution >= 0.6 is 0 Å². The van der Waals surface area contributed by atoms with Gasteiger partial charge in [0.05, 0.1) is 7.11 Å². The number of nitrogens with zero attached hydrogens (tertiary/aromatic N) is 1. The van der Waals surface area contributed by atoms with Gasteiger partial charge in [0, 0.05) is 12.1 Å². The molecule has 1 saturated heterocycles. The Morgan fingerprint density at radius 1 is 1.18 bits per heavy atom. The molecule has 1 fully saturated rings. The fraction of sp³-hybridized carbons (Fsp3) is 0.500. The van der Waals surface area contributed by atoms with Gasteiger partial charge in [-0.3, -0.25) is 4.90 Å². The van der Waals surface area contributed by atoms with Crippen LogP contribution in [0.2, 0.25) is 0 Å². The largest absolute Gasteiger partial charge is 0.496 e. The molecule has 0 aromatic heterocycles. The van der Waals surface area contributed by atoms with Crippen molar-refractivity contribution >= 4 is 11.9 Å². The number of para-hydroxylation sites is 1. The molecule has 6 heteroatoms. The van der Waals surface area contributed by atoms with Gasteiger partial charge in [0.2, 0.25) is 0 Å². The molecule has 1 heterocycles. The van der Waals surface area contributed by atoms with Gasteiger partial charge in [-0.25, -0.2) is 9.59 Å². The third-order valence-corrected chi connectivity index (χ3v) is 3.65. The molecule has 0 bridgehead atoms. The van der Waals surface area contributed by atoms with Crippen LogP contribution in [0.5, 0.6) is 5.75 Å². The molecular formula is C16H23NO5. The lowest BCUT2D eigenvalue weighted by Gasteiger charge is -2.30. The number of likely N-dealkylation sites (tertiary alicyclic amines) is 1. The van der Waals surface area contributed by atoms with E-state index < -0.39 is 11.9 Å². The highest BCUT2D eigenvalue weighted by Gasteiger charge is 2.16. The van der Waals surface area contributed by atoms with E-state index in [1.165, 1.54) is 31.5 Å². The van der Waals surface area contributed by atoms with Crippen molar-refractivity contribution in [2.75, 3.05) is 20.2 Å². The van der Waals surface area contributed by atoms with Crippen molar-refractivity contribution in [2.24, 2.45) is 5.92 Å². The molecule has 0 saturated carbocycles. The summed E-state index contributed by atoms with van der Waals surface area (Å²) >= 11 is 0. The molecule has 1 aromatic rings. The number of piperidine rings is 1. The molecule has 0 amide bonds. The molecule has 0 unspecified atom stereocenters. The monoisotopic (exact) mass is 309 g/mol. The summed E-state index contributed by atoms with van der Waals surface area (Å²) in [5, 5.41) is 14.8. The fourth-order valence-electron chi connectivity index (χ4n) is 2.29. The predicted molar refractivity (Wildman–Crippen MR) is 81.9 cm³/mol. The van der Waals surface area contributed by atoms with Crippen LogP contribution in [0.25, 0.3) is 0 Å². The number of hydrogen-bond acceptors (Lipinski definition) is 4. The topological polar surface area (TPSA) is 87.1 Å². The molecule has 122 valence electrons. The highest BCUT2D eigenvalue weighted by molar-refractivity contribution is 6.27. The first kappa shape index (κ1) is 18.0. The highest BCUT2D eigenvalue weighted by Crippen LogP contribution is 2.22. The summed E-state index contributed by atoms with van der Waals surface area (Å²) in [6.07, 6.45) is 2.66. The summed E-state index contributed by atoms with van der Waals surface area (Å²) in [5.41, 5.74) is 1.31. The molecule has 22 heavy (non-hydrogen) atoms. The van der Waals surface area contributed by atoms with Gasteiger partial charge in [-0.2, -0.15) is 0 Å². The Balaban J connectivity index is 0.000000346. The first-order valence-electron chi connectivity index (χ1n) is 7.24. The van der Waals surface area contributed by atoms with Crippen molar-refractivity contribution in [1.82, 2.24) is 4.90 Å². The van der Waals surface area contributed by atoms with Gasteiger partial charge in [-0.15, -0.1) is 0 Å². The van der Waals surface area contributed by atoms with E-state index in [2.05, 4.69) is 24.0 Å². The van der Waals surface area contributed by atoms with E-state index in [4.69, 9.17) is 24.5 Å². The first-order chi connectivity index (χ1) is 10.4. The number of carbonyl (C=O) groups is 2. The minimum atomic E-state index is -1.82. The molecule has 1 aliphatic rings. The lowest BCUT2D eigenvalue weighted by molar-refractivity contribution is -0.159. The summed E-state index contributed by atoms with van der Waals surface area (Å²) in [4.78, 5) is 20.7. The van der Waals surface area contributed by atoms with Crippen LogP contribution < -0.4 is 4.74 Å². The Labute approximate surface area is 130 Å². The quantitative estimate of drug-likeness (QED) is 0.831. The van der Waals surface area contributed by atoms with E-state index in [1.807, 2.05) is 12.1 Å². The van der Waals surface area contributed by atoms with Crippen LogP contribution in [0.15, 0.2) is 24.3 Å². The molecule has 0 aliphatic carbocycles. The van der Waals surface area contributed by atoms with Crippen LogP contribution in [0.1, 0.15) is 25.3 Å². The van der Waals surface area contributed by atoms with Crippen LogP contribution in [-0.2, 0) is 16.1 Å². The average molecular weight is 309 g/mol. The molecule has 1 aliphatic heterocycles. The van der Waals surface area contributed by atoms with Gasteiger partial charge in [0.15, 0.2) is 0 Å². The summed E-state index contributed by atoms with van der Waals surface area (Å²) in [7, 11) is 1.75. The number of aliphatic carboxylic acids is 2. The molecular weight excluding hydrogens is 286 g/mol. The number of benzene rings is 1. The summed E-state index contributed by atoms with van der Waals surface area (Å²) in [6.45, 7) is 5.82. The normalized spacial score (nSPS) is 15.5. The summed E-state index contributed by atoms with van der Waals surface area (Å²) in [5.74, 6) is -1.74. The third-order valence-electron chi connectivity index (χ3n) is 3.65. The minimum absolute atomic E-state index is 0.897. The van der Waals surface area contributed by atoms with Crippen molar-refractivity contribution in [1.29, 1.82) is 0 Å². The van der Waals surface area contributed by atoms with E-state index in [1.54, 1.807) is 7.11 Å². The number of rotatable bonds is 3. The molecule has 2 rings (SSSR count). The predicted octanol–water partition coefficient (Wildman–Crippen LogP) is 2.08. The second kappa shape index (κ2) is 9.04. The van der Waals surface area contributed by atoms with Crippen LogP contribution in [0.4, 0.5) is 0 Å². The van der Waals surface area contributed by atoms with Gasteiger partial charge in [0.25, 0.3) is 0 Å². The molecule has 1 aromatic carbocycles. The van der Waals surface area contributed by atoms with E-state index in [-0.39, 0.29) is 0 Å². The zero-order chi connectivity index (χ0) is 16.5. The molecule has 2 N–H and O–H groups in total. The number of hydrogen-bond donors (Lipinski definition) is 2. The lowest BCUT2D eigenvalue weighted by atomic mass is 9.99. The second-order valence-corrected chi connectivity index (χ2v) is 5.38. The Morgan fingerprint density at radius 2 is 1.73 bits per heavy atom. The summed E-state index contributed by atoms with van der Waals surface area (Å²) < 4.78 is 5.38. The van der Waals surface area contributed by atoms with Crippen LogP contribution in [0, 0.1) is 5.92 Å². The highest BCUT2D eigenvalue weighted by atomic mass is 16.5. The van der Waals surface area contributed by atoms with E-state index in [9.17, 15) is 0 Å². The Morgan fingerprint density at radius 3 is 2.23 bits per heavy atom. The van der Waals surface area contributed by atoms with E-state index in [0.717, 1.165) is 18.2 Å². The number of carboxylic acids is 2. The van der Waals surface area contributed by atoms with Crippen molar-refractivity contribution in [2.45, 2.75) is 26.3 Å². The Hall–Kier alpha value is -2.08. The van der Waals surface area contributed by atoms with Crippen molar-refractivity contribution < 1.29 is 24.5 Å². The maximum Gasteiger partial charge on any atom is 0.414 e. The zero-order valence-electron chi connectivity index (χ0n) is 13.0. The van der Waals surface area contributed by atoms with Crippen LogP contribution in [-0.4, -0.2) is 47.3 Å². The lowest BCUT2D eigenvalue weighted by Crippen LogP contribution is -2.32. The first-order valence-corrected chi connectivity index (χ1v) is 7.24. The smallest absolute Gasteiger partial charge is 0.414 e. The molecule has 6 nitrogen and oxygen atoms in total. The SMILES string of the molecule is COc1ccccc1CN1CCC(C)CC1.O=C(O)C(=O)O. The van der Waals surface area contributed by atoms with Gasteiger partial charge in [-0.05, 0) is 37.9 Å². The third kappa shape index (κ3) is 6.13. The minimum Gasteiger partial charge on any atom is -0.496 e. The molecule has 0 radical (unpaired) electrons. The number of carboxylic acid groups (broad SMARTS) is 2. The average Bonchev–Trinajstić information content (AvgIpc) is 2.50. The maximum atomic E-state index is 9.10. The van der Waals surface area contributed by atoms with Crippen molar-refractivity contribution in [3.63, 3.8) is 0 Å². The standard InChI is InChI=1S/C14H21NO.C2H2O4/c1-12-7-9-15(10-8-12)11-13-5-3-4-6-14(13)16-2;3-1(4)2(5)6/h3-6,12H,7-11H2,1-2H3;(H,3,4)(H,5,6). The molecule has 0 spiro atoms. The van der Waals surface area contributed by atoms with Gasteiger partial charge in [0.1, 0.15) is 5.75 Å². The zero-order valence-corrected chi connectivity index (χ0v) is 13.0. The second-order valence-electron chi connectivity index (χ2n) is 5.38. The van der Waals surface area contributed by atoms with Gasteiger partial charge < -0.3 is 14.9 Å².